The average Bonchev–Trinajstić information content (AvgIpc) is 2.70. The van der Waals surface area contributed by atoms with Gasteiger partial charge >= 0.3 is 0 Å². The van der Waals surface area contributed by atoms with Crippen LogP contribution in [0.4, 0.5) is 0 Å². The number of hydrogen-bond acceptors (Lipinski definition) is 3. The van der Waals surface area contributed by atoms with Gasteiger partial charge in [0.25, 0.3) is 0 Å². The molecule has 2 saturated heterocycles. The predicted octanol–water partition coefficient (Wildman–Crippen LogP) is 0.982. The van der Waals surface area contributed by atoms with Crippen LogP contribution in [0, 0.1) is 5.92 Å². The molecule has 2 atom stereocenters. The second kappa shape index (κ2) is 5.97. The number of carbonyl (C=O) groups is 1. The van der Waals surface area contributed by atoms with Gasteiger partial charge in [-0.25, -0.2) is 0 Å². The standard InChI is InChI=1S/C10H18N2OS.ClH/c1-8-7-14-5-4-12(8)10(13)9-2-3-11-6-9;/h8-9,11H,2-7H2,1H3;1H/t8?,9-;/m0./s1. The van der Waals surface area contributed by atoms with Crippen molar-refractivity contribution in [3.63, 3.8) is 0 Å². The van der Waals surface area contributed by atoms with Crippen LogP contribution in [-0.4, -0.2) is 48.0 Å². The van der Waals surface area contributed by atoms with Gasteiger partial charge in [-0.15, -0.1) is 12.4 Å². The third kappa shape index (κ3) is 3.02. The third-order valence-electron chi connectivity index (χ3n) is 3.06. The van der Waals surface area contributed by atoms with Crippen molar-refractivity contribution >= 4 is 30.1 Å². The summed E-state index contributed by atoms with van der Waals surface area (Å²) in [5.74, 6) is 2.84. The van der Waals surface area contributed by atoms with E-state index in [0.29, 0.717) is 11.9 Å². The molecule has 2 aliphatic rings. The number of nitrogens with one attached hydrogen (secondary N) is 1. The first-order chi connectivity index (χ1) is 6.79. The lowest BCUT2D eigenvalue weighted by Gasteiger charge is -2.34. The Morgan fingerprint density at radius 2 is 2.33 bits per heavy atom. The minimum atomic E-state index is 0. The maximum absolute atomic E-state index is 12.1. The molecule has 1 unspecified atom stereocenters. The van der Waals surface area contributed by atoms with Gasteiger partial charge < -0.3 is 10.2 Å². The van der Waals surface area contributed by atoms with E-state index >= 15 is 0 Å². The van der Waals surface area contributed by atoms with E-state index in [1.54, 1.807) is 0 Å². The van der Waals surface area contributed by atoms with Crippen molar-refractivity contribution in [1.29, 1.82) is 0 Å². The normalized spacial score (nSPS) is 31.1. The van der Waals surface area contributed by atoms with E-state index in [1.807, 2.05) is 11.8 Å². The molecule has 2 fully saturated rings. The Hall–Kier alpha value is 0.0700. The van der Waals surface area contributed by atoms with Crippen molar-refractivity contribution in [3.8, 4) is 0 Å². The van der Waals surface area contributed by atoms with Crippen LogP contribution in [-0.2, 0) is 4.79 Å². The molecule has 0 aliphatic carbocycles. The van der Waals surface area contributed by atoms with Crippen LogP contribution < -0.4 is 5.32 Å². The van der Waals surface area contributed by atoms with Crippen LogP contribution in [0.2, 0.25) is 0 Å². The molecule has 2 rings (SSSR count). The van der Waals surface area contributed by atoms with Gasteiger partial charge in [-0.3, -0.25) is 4.79 Å². The SMILES string of the molecule is CC1CSCCN1C(=O)[C@H]1CCNC1.Cl. The molecule has 1 amide bonds. The molecule has 0 aromatic heterocycles. The Morgan fingerprint density at radius 3 is 2.93 bits per heavy atom. The van der Waals surface area contributed by atoms with E-state index in [2.05, 4.69) is 17.1 Å². The number of carbonyl (C=O) groups excluding carboxylic acids is 1. The summed E-state index contributed by atoms with van der Waals surface area (Å²) in [6.07, 6.45) is 1.02. The number of halogens is 1. The van der Waals surface area contributed by atoms with E-state index in [9.17, 15) is 4.79 Å². The summed E-state index contributed by atoms with van der Waals surface area (Å²) in [6, 6.07) is 0.432. The van der Waals surface area contributed by atoms with Crippen molar-refractivity contribution < 1.29 is 4.79 Å². The van der Waals surface area contributed by atoms with Gasteiger partial charge in [-0.05, 0) is 19.9 Å². The highest BCUT2D eigenvalue weighted by atomic mass is 35.5. The number of hydrogen-bond donors (Lipinski definition) is 1. The van der Waals surface area contributed by atoms with E-state index in [4.69, 9.17) is 0 Å². The zero-order chi connectivity index (χ0) is 9.97. The monoisotopic (exact) mass is 250 g/mol. The van der Waals surface area contributed by atoms with Crippen LogP contribution >= 0.6 is 24.2 Å². The summed E-state index contributed by atoms with van der Waals surface area (Å²) in [4.78, 5) is 14.2. The minimum absolute atomic E-state index is 0. The topological polar surface area (TPSA) is 32.3 Å². The molecule has 15 heavy (non-hydrogen) atoms. The van der Waals surface area contributed by atoms with Gasteiger partial charge in [-0.2, -0.15) is 11.8 Å². The molecule has 0 aromatic rings. The van der Waals surface area contributed by atoms with E-state index < -0.39 is 0 Å². The summed E-state index contributed by atoms with van der Waals surface area (Å²) in [5.41, 5.74) is 0. The Morgan fingerprint density at radius 1 is 1.53 bits per heavy atom. The third-order valence-corrected chi connectivity index (χ3v) is 4.25. The molecule has 88 valence electrons. The quantitative estimate of drug-likeness (QED) is 0.753. The summed E-state index contributed by atoms with van der Waals surface area (Å²) >= 11 is 1.96. The van der Waals surface area contributed by atoms with Crippen molar-refractivity contribution in [3.05, 3.63) is 0 Å². The average molecular weight is 251 g/mol. The van der Waals surface area contributed by atoms with E-state index in [1.165, 1.54) is 0 Å². The van der Waals surface area contributed by atoms with Crippen LogP contribution in [0.5, 0.6) is 0 Å². The Bertz CT molecular complexity index is 221. The molecular weight excluding hydrogens is 232 g/mol. The molecule has 0 aromatic carbocycles. The minimum Gasteiger partial charge on any atom is -0.338 e. The smallest absolute Gasteiger partial charge is 0.227 e. The molecule has 0 spiro atoms. The van der Waals surface area contributed by atoms with Gasteiger partial charge in [0.1, 0.15) is 0 Å². The number of nitrogens with zero attached hydrogens (tertiary/aromatic N) is 1. The first-order valence-electron chi connectivity index (χ1n) is 5.38. The van der Waals surface area contributed by atoms with Gasteiger partial charge in [-0.1, -0.05) is 0 Å². The molecule has 3 nitrogen and oxygen atoms in total. The zero-order valence-electron chi connectivity index (χ0n) is 9.07. The van der Waals surface area contributed by atoms with Crippen molar-refractivity contribution in [1.82, 2.24) is 10.2 Å². The molecule has 0 radical (unpaired) electrons. The lowest BCUT2D eigenvalue weighted by Crippen LogP contribution is -2.47. The second-order valence-electron chi connectivity index (χ2n) is 4.15. The van der Waals surface area contributed by atoms with Gasteiger partial charge in [0.15, 0.2) is 0 Å². The van der Waals surface area contributed by atoms with Crippen molar-refractivity contribution in [2.24, 2.45) is 5.92 Å². The fraction of sp³-hybridized carbons (Fsp3) is 0.900. The van der Waals surface area contributed by atoms with Crippen molar-refractivity contribution in [2.45, 2.75) is 19.4 Å². The maximum atomic E-state index is 12.1. The summed E-state index contributed by atoms with van der Waals surface area (Å²) in [5, 5.41) is 3.25. The Labute approximate surface area is 102 Å². The van der Waals surface area contributed by atoms with E-state index in [-0.39, 0.29) is 18.3 Å². The fourth-order valence-electron chi connectivity index (χ4n) is 2.15. The molecule has 2 heterocycles. The number of rotatable bonds is 1. The van der Waals surface area contributed by atoms with Crippen LogP contribution in [0.3, 0.4) is 0 Å². The van der Waals surface area contributed by atoms with E-state index in [0.717, 1.165) is 37.6 Å². The molecule has 5 heteroatoms. The van der Waals surface area contributed by atoms with Crippen LogP contribution in [0.15, 0.2) is 0 Å². The Balaban J connectivity index is 0.00000112. The molecule has 0 saturated carbocycles. The lowest BCUT2D eigenvalue weighted by atomic mass is 10.1. The van der Waals surface area contributed by atoms with Gasteiger partial charge in [0.05, 0.1) is 5.92 Å². The number of amides is 1. The number of thioether (sulfide) groups is 1. The first-order valence-corrected chi connectivity index (χ1v) is 6.53. The summed E-state index contributed by atoms with van der Waals surface area (Å²) in [7, 11) is 0. The second-order valence-corrected chi connectivity index (χ2v) is 5.30. The summed E-state index contributed by atoms with van der Waals surface area (Å²) < 4.78 is 0. The highest BCUT2D eigenvalue weighted by Gasteiger charge is 2.30. The summed E-state index contributed by atoms with van der Waals surface area (Å²) in [6.45, 7) is 5.00. The predicted molar refractivity (Wildman–Crippen MR) is 66.7 cm³/mol. The fourth-order valence-corrected chi connectivity index (χ4v) is 3.17. The highest BCUT2D eigenvalue weighted by molar-refractivity contribution is 7.99. The highest BCUT2D eigenvalue weighted by Crippen LogP contribution is 2.20. The zero-order valence-corrected chi connectivity index (χ0v) is 10.7. The van der Waals surface area contributed by atoms with Crippen molar-refractivity contribution in [2.75, 3.05) is 31.1 Å². The molecular formula is C10H19ClN2OS. The van der Waals surface area contributed by atoms with Gasteiger partial charge in [0.2, 0.25) is 5.91 Å². The van der Waals surface area contributed by atoms with Crippen LogP contribution in [0.1, 0.15) is 13.3 Å². The van der Waals surface area contributed by atoms with Crippen LogP contribution in [0.25, 0.3) is 0 Å². The maximum Gasteiger partial charge on any atom is 0.227 e. The lowest BCUT2D eigenvalue weighted by molar-refractivity contribution is -0.136. The van der Waals surface area contributed by atoms with Gasteiger partial charge in [0, 0.05) is 30.6 Å². The Kier molecular flexibility index (Phi) is 5.23. The largest absolute Gasteiger partial charge is 0.338 e. The first kappa shape index (κ1) is 13.1. The molecule has 2 aliphatic heterocycles. The molecule has 1 N–H and O–H groups in total. The molecule has 0 bridgehead atoms.